The van der Waals surface area contributed by atoms with Crippen molar-refractivity contribution in [3.05, 3.63) is 70.8 Å². The van der Waals surface area contributed by atoms with Crippen LogP contribution in [0.4, 0.5) is 10.5 Å². The number of hydrogen-bond acceptors (Lipinski definition) is 4. The lowest BCUT2D eigenvalue weighted by Gasteiger charge is -2.36. The van der Waals surface area contributed by atoms with Gasteiger partial charge in [0.15, 0.2) is 0 Å². The Bertz CT molecular complexity index is 1200. The highest BCUT2D eigenvalue weighted by molar-refractivity contribution is 6.34. The molecule has 0 saturated carbocycles. The summed E-state index contributed by atoms with van der Waals surface area (Å²) in [5.74, 6) is -1.01. The number of rotatable bonds is 14. The van der Waals surface area contributed by atoms with Gasteiger partial charge in [-0.05, 0) is 68.9 Å². The molecule has 2 unspecified atom stereocenters. The predicted octanol–water partition coefficient (Wildman–Crippen LogP) is 8.32. The molecule has 0 saturated heterocycles. The Kier molecular flexibility index (Phi) is 13.6. The van der Waals surface area contributed by atoms with Crippen LogP contribution in [0, 0.1) is 12.8 Å². The first kappa shape index (κ1) is 34.9. The zero-order valence-electron chi connectivity index (χ0n) is 26.3. The first-order chi connectivity index (χ1) is 19.8. The summed E-state index contributed by atoms with van der Waals surface area (Å²) in [6.45, 7) is 17.3. The van der Waals surface area contributed by atoms with Crippen molar-refractivity contribution < 1.29 is 19.1 Å². The van der Waals surface area contributed by atoms with Gasteiger partial charge in [0.25, 0.3) is 5.91 Å². The minimum Gasteiger partial charge on any atom is -0.444 e. The number of carbonyl (C=O) groups excluding carboxylic acids is 3. The molecule has 2 N–H and O–H groups in total. The summed E-state index contributed by atoms with van der Waals surface area (Å²) in [4.78, 5) is 43.0. The minimum absolute atomic E-state index is 0.262. The number of alkyl carbamates (subject to hydrolysis) is 1. The molecule has 0 spiro atoms. The van der Waals surface area contributed by atoms with Gasteiger partial charge in [0, 0.05) is 6.54 Å². The topological polar surface area (TPSA) is 87.7 Å². The van der Waals surface area contributed by atoms with Crippen LogP contribution in [-0.4, -0.2) is 41.0 Å². The fourth-order valence-electron chi connectivity index (χ4n) is 4.69. The number of halogens is 1. The van der Waals surface area contributed by atoms with Crippen LogP contribution in [0.25, 0.3) is 6.08 Å². The molecule has 0 heterocycles. The largest absolute Gasteiger partial charge is 0.444 e. The zero-order chi connectivity index (χ0) is 31.4. The van der Waals surface area contributed by atoms with E-state index in [4.69, 9.17) is 16.3 Å². The number of benzene rings is 2. The van der Waals surface area contributed by atoms with Gasteiger partial charge in [-0.2, -0.15) is 0 Å². The molecule has 3 amide bonds. The van der Waals surface area contributed by atoms with Gasteiger partial charge in [-0.25, -0.2) is 4.79 Å². The standard InChI is InChI=1S/C34H48ClN3O4/c1-9-11-12-13-14-21-38(32(40)28(23(3)4)37-33(41)42-34(6,7)8)30(26-19-16-18-25(10-2)22-26)31(39)36-29-24(5)17-15-20-27(29)35/h10,15-20,22-23,28,30H,2,9,11-14,21H2,1,3-8H3,(H,36,39)(H,37,41). The van der Waals surface area contributed by atoms with E-state index >= 15 is 0 Å². The maximum atomic E-state index is 14.4. The number of aryl methyl sites for hydroxylation is 1. The second kappa shape index (κ2) is 16.4. The van der Waals surface area contributed by atoms with Crippen molar-refractivity contribution >= 4 is 41.3 Å². The van der Waals surface area contributed by atoms with Crippen molar-refractivity contribution in [1.29, 1.82) is 0 Å². The van der Waals surface area contributed by atoms with E-state index in [0.29, 0.717) is 29.2 Å². The Morgan fingerprint density at radius 2 is 1.71 bits per heavy atom. The summed E-state index contributed by atoms with van der Waals surface area (Å²) >= 11 is 6.48. The second-order valence-corrected chi connectivity index (χ2v) is 12.4. The van der Waals surface area contributed by atoms with E-state index < -0.39 is 29.7 Å². The average molecular weight is 598 g/mol. The summed E-state index contributed by atoms with van der Waals surface area (Å²) in [6.07, 6.45) is 5.86. The quantitative estimate of drug-likeness (QED) is 0.214. The van der Waals surface area contributed by atoms with Crippen molar-refractivity contribution in [3.8, 4) is 0 Å². The second-order valence-electron chi connectivity index (χ2n) is 12.0. The maximum Gasteiger partial charge on any atom is 0.408 e. The number of unbranched alkanes of at least 4 members (excludes halogenated alkanes) is 4. The smallest absolute Gasteiger partial charge is 0.408 e. The number of para-hydroxylation sites is 1. The molecule has 2 rings (SSSR count). The molecule has 8 heteroatoms. The number of anilines is 1. The molecule has 0 aromatic heterocycles. The number of ether oxygens (including phenoxy) is 1. The van der Waals surface area contributed by atoms with Crippen molar-refractivity contribution in [2.24, 2.45) is 5.92 Å². The number of nitrogens with zero attached hydrogens (tertiary/aromatic N) is 1. The third kappa shape index (κ3) is 10.5. The molecule has 0 aliphatic carbocycles. The van der Waals surface area contributed by atoms with Crippen molar-refractivity contribution in [2.45, 2.75) is 98.3 Å². The molecule has 2 aromatic carbocycles. The van der Waals surface area contributed by atoms with Crippen molar-refractivity contribution in [3.63, 3.8) is 0 Å². The Labute approximate surface area is 257 Å². The van der Waals surface area contributed by atoms with E-state index in [0.717, 1.165) is 36.8 Å². The molecular formula is C34H48ClN3O4. The molecule has 0 bridgehead atoms. The van der Waals surface area contributed by atoms with E-state index in [9.17, 15) is 14.4 Å². The molecule has 2 aromatic rings. The highest BCUT2D eigenvalue weighted by atomic mass is 35.5. The van der Waals surface area contributed by atoms with Gasteiger partial charge in [-0.15, -0.1) is 0 Å². The highest BCUT2D eigenvalue weighted by Crippen LogP contribution is 2.30. The number of amides is 3. The molecule has 0 radical (unpaired) electrons. The lowest BCUT2D eigenvalue weighted by Crippen LogP contribution is -2.54. The molecule has 230 valence electrons. The molecule has 0 fully saturated rings. The monoisotopic (exact) mass is 597 g/mol. The Morgan fingerprint density at radius 3 is 2.31 bits per heavy atom. The third-order valence-corrected chi connectivity index (χ3v) is 7.20. The summed E-state index contributed by atoms with van der Waals surface area (Å²) < 4.78 is 5.48. The Hall–Kier alpha value is -3.32. The number of nitrogens with one attached hydrogen (secondary N) is 2. The third-order valence-electron chi connectivity index (χ3n) is 6.88. The van der Waals surface area contributed by atoms with Gasteiger partial charge >= 0.3 is 6.09 Å². The average Bonchev–Trinajstić information content (AvgIpc) is 2.91. The SMILES string of the molecule is C=Cc1cccc(C(C(=O)Nc2c(C)cccc2Cl)N(CCCCCCC)C(=O)C(NC(=O)OC(C)(C)C)C(C)C)c1. The molecule has 2 atom stereocenters. The summed E-state index contributed by atoms with van der Waals surface area (Å²) in [6, 6.07) is 10.9. The van der Waals surface area contributed by atoms with Gasteiger partial charge in [0.2, 0.25) is 5.91 Å². The highest BCUT2D eigenvalue weighted by Gasteiger charge is 2.37. The van der Waals surface area contributed by atoms with Crippen LogP contribution in [-0.2, 0) is 14.3 Å². The van der Waals surface area contributed by atoms with Crippen LogP contribution in [0.3, 0.4) is 0 Å². The minimum atomic E-state index is -0.985. The Morgan fingerprint density at radius 1 is 1.05 bits per heavy atom. The fourth-order valence-corrected chi connectivity index (χ4v) is 4.96. The first-order valence-corrected chi connectivity index (χ1v) is 15.2. The van der Waals surface area contributed by atoms with Gasteiger partial charge in [-0.1, -0.05) is 101 Å². The van der Waals surface area contributed by atoms with Crippen LogP contribution < -0.4 is 10.6 Å². The maximum absolute atomic E-state index is 14.4. The van der Waals surface area contributed by atoms with E-state index in [1.807, 2.05) is 57.2 Å². The van der Waals surface area contributed by atoms with E-state index in [-0.39, 0.29) is 11.8 Å². The van der Waals surface area contributed by atoms with Gasteiger partial charge < -0.3 is 20.3 Å². The van der Waals surface area contributed by atoms with Crippen molar-refractivity contribution in [2.75, 3.05) is 11.9 Å². The van der Waals surface area contributed by atoms with Crippen LogP contribution in [0.15, 0.2) is 49.0 Å². The van der Waals surface area contributed by atoms with Crippen LogP contribution in [0.1, 0.15) is 96.4 Å². The van der Waals surface area contributed by atoms with E-state index in [1.165, 1.54) is 0 Å². The van der Waals surface area contributed by atoms with E-state index in [2.05, 4.69) is 24.1 Å². The summed E-state index contributed by atoms with van der Waals surface area (Å²) in [5.41, 5.74) is 2.03. The lowest BCUT2D eigenvalue weighted by molar-refractivity contribution is -0.141. The molecule has 0 aliphatic rings. The van der Waals surface area contributed by atoms with Crippen molar-refractivity contribution in [1.82, 2.24) is 10.2 Å². The van der Waals surface area contributed by atoms with Gasteiger partial charge in [0.05, 0.1) is 10.7 Å². The summed E-state index contributed by atoms with van der Waals surface area (Å²) in [5, 5.41) is 6.18. The number of carbonyl (C=O) groups is 3. The molecule has 0 aliphatic heterocycles. The normalized spacial score (nSPS) is 12.8. The first-order valence-electron chi connectivity index (χ1n) is 14.9. The molecule has 42 heavy (non-hydrogen) atoms. The zero-order valence-corrected chi connectivity index (χ0v) is 27.0. The fraction of sp³-hybridized carbons (Fsp3) is 0.500. The van der Waals surface area contributed by atoms with Gasteiger partial charge in [0.1, 0.15) is 17.7 Å². The van der Waals surface area contributed by atoms with E-state index in [1.54, 1.807) is 37.8 Å². The molecule has 7 nitrogen and oxygen atoms in total. The van der Waals surface area contributed by atoms with Crippen LogP contribution in [0.5, 0.6) is 0 Å². The van der Waals surface area contributed by atoms with Gasteiger partial charge in [-0.3, -0.25) is 9.59 Å². The van der Waals surface area contributed by atoms with Crippen LogP contribution >= 0.6 is 11.6 Å². The summed E-state index contributed by atoms with van der Waals surface area (Å²) in [7, 11) is 0. The lowest BCUT2D eigenvalue weighted by atomic mass is 9.97. The van der Waals surface area contributed by atoms with Crippen LogP contribution in [0.2, 0.25) is 5.02 Å². The predicted molar refractivity (Wildman–Crippen MR) is 173 cm³/mol. The molecular weight excluding hydrogens is 550 g/mol. The number of hydrogen-bond donors (Lipinski definition) is 2. The Balaban J connectivity index is 2.60.